The van der Waals surface area contributed by atoms with Crippen molar-refractivity contribution in [3.63, 3.8) is 0 Å². The van der Waals surface area contributed by atoms with Crippen molar-refractivity contribution in [3.8, 4) is 0 Å². The molecule has 7 heteroatoms. The number of thiophene rings is 1. The van der Waals surface area contributed by atoms with Gasteiger partial charge in [-0.2, -0.15) is 4.31 Å². The number of hydrogen-bond acceptors (Lipinski definition) is 4. The first-order valence-electron chi connectivity index (χ1n) is 8.39. The quantitative estimate of drug-likeness (QED) is 0.736. The molecule has 136 valence electrons. The molecule has 4 nitrogen and oxygen atoms in total. The van der Waals surface area contributed by atoms with Crippen LogP contribution in [0.25, 0.3) is 0 Å². The molecule has 0 radical (unpaired) electrons. The summed E-state index contributed by atoms with van der Waals surface area (Å²) < 4.78 is 46.2. The molecule has 0 spiro atoms. The summed E-state index contributed by atoms with van der Waals surface area (Å²) in [5.41, 5.74) is 0.606. The van der Waals surface area contributed by atoms with Crippen LogP contribution in [0.5, 0.6) is 0 Å². The molecule has 1 saturated heterocycles. The number of halogens is 1. The molecule has 0 aliphatic carbocycles. The molecule has 0 amide bonds. The summed E-state index contributed by atoms with van der Waals surface area (Å²) in [6, 6.07) is 9.65. The normalized spacial score (nSPS) is 16.4. The number of hydrogen-bond donors (Lipinski definition) is 0. The minimum atomic E-state index is -3.48. The molecule has 1 aliphatic rings. The van der Waals surface area contributed by atoms with E-state index in [1.807, 2.05) is 17.5 Å². The Kier molecular flexibility index (Phi) is 6.22. The average Bonchev–Trinajstić information content (AvgIpc) is 3.11. The fourth-order valence-corrected chi connectivity index (χ4v) is 5.58. The van der Waals surface area contributed by atoms with E-state index in [0.29, 0.717) is 44.6 Å². The maximum absolute atomic E-state index is 13.1. The molecule has 1 aromatic carbocycles. The first-order valence-corrected chi connectivity index (χ1v) is 10.9. The standard InChI is InChI=1S/C18H22FNO3S2/c19-16-5-3-15(4-6-16)14-25(21,22)20(17-8-11-23-12-9-17)10-7-18-2-1-13-24-18/h1-6,13,17H,7-12,14H2. The Morgan fingerprint density at radius 2 is 1.88 bits per heavy atom. The van der Waals surface area contributed by atoms with Gasteiger partial charge in [-0.15, -0.1) is 11.3 Å². The Morgan fingerprint density at radius 1 is 1.16 bits per heavy atom. The molecule has 3 rings (SSSR count). The molecule has 0 bridgehead atoms. The molecule has 2 aromatic rings. The molecule has 0 N–H and O–H groups in total. The van der Waals surface area contributed by atoms with Gasteiger partial charge in [0.05, 0.1) is 5.75 Å². The van der Waals surface area contributed by atoms with E-state index in [2.05, 4.69) is 0 Å². The van der Waals surface area contributed by atoms with E-state index in [4.69, 9.17) is 4.74 Å². The van der Waals surface area contributed by atoms with Gasteiger partial charge in [-0.1, -0.05) is 18.2 Å². The van der Waals surface area contributed by atoms with Crippen LogP contribution in [0.2, 0.25) is 0 Å². The molecule has 2 heterocycles. The summed E-state index contributed by atoms with van der Waals surface area (Å²) in [5, 5.41) is 2.00. The largest absolute Gasteiger partial charge is 0.381 e. The zero-order valence-electron chi connectivity index (χ0n) is 13.9. The van der Waals surface area contributed by atoms with Gasteiger partial charge in [0.15, 0.2) is 0 Å². The lowest BCUT2D eigenvalue weighted by molar-refractivity contribution is 0.0586. The molecule has 1 fully saturated rings. The van der Waals surface area contributed by atoms with Gasteiger partial charge in [-0.3, -0.25) is 0 Å². The zero-order chi connectivity index (χ0) is 17.7. The summed E-state index contributed by atoms with van der Waals surface area (Å²) in [6.45, 7) is 1.65. The number of nitrogens with zero attached hydrogens (tertiary/aromatic N) is 1. The van der Waals surface area contributed by atoms with Crippen molar-refractivity contribution < 1.29 is 17.5 Å². The van der Waals surface area contributed by atoms with Crippen molar-refractivity contribution in [2.24, 2.45) is 0 Å². The maximum Gasteiger partial charge on any atom is 0.218 e. The van der Waals surface area contributed by atoms with Crippen LogP contribution < -0.4 is 0 Å². The fourth-order valence-electron chi connectivity index (χ4n) is 3.07. The second kappa shape index (κ2) is 8.40. The average molecular weight is 384 g/mol. The van der Waals surface area contributed by atoms with E-state index >= 15 is 0 Å². The molecule has 1 aliphatic heterocycles. The van der Waals surface area contributed by atoms with Crippen molar-refractivity contribution >= 4 is 21.4 Å². The molecule has 25 heavy (non-hydrogen) atoms. The lowest BCUT2D eigenvalue weighted by Crippen LogP contribution is -2.44. The highest BCUT2D eigenvalue weighted by molar-refractivity contribution is 7.88. The van der Waals surface area contributed by atoms with Gasteiger partial charge >= 0.3 is 0 Å². The highest BCUT2D eigenvalue weighted by Gasteiger charge is 2.31. The summed E-state index contributed by atoms with van der Waals surface area (Å²) in [7, 11) is -3.48. The predicted octanol–water partition coefficient (Wildman–Crippen LogP) is 3.44. The third-order valence-corrected chi connectivity index (χ3v) is 7.21. The first-order chi connectivity index (χ1) is 12.0. The minimum absolute atomic E-state index is 0.0286. The van der Waals surface area contributed by atoms with E-state index in [9.17, 15) is 12.8 Å². The van der Waals surface area contributed by atoms with E-state index in [1.54, 1.807) is 15.6 Å². The second-order valence-electron chi connectivity index (χ2n) is 6.17. The Morgan fingerprint density at radius 3 is 2.52 bits per heavy atom. The van der Waals surface area contributed by atoms with Gasteiger partial charge in [0.1, 0.15) is 5.82 Å². The highest BCUT2D eigenvalue weighted by Crippen LogP contribution is 2.22. The van der Waals surface area contributed by atoms with E-state index in [0.717, 1.165) is 0 Å². The van der Waals surface area contributed by atoms with Crippen LogP contribution in [0.1, 0.15) is 23.3 Å². The third kappa shape index (κ3) is 5.10. The third-order valence-electron chi connectivity index (χ3n) is 4.38. The number of rotatable bonds is 7. The van der Waals surface area contributed by atoms with Crippen LogP contribution in [-0.2, 0) is 26.9 Å². The molecule has 0 saturated carbocycles. The molecule has 1 aromatic heterocycles. The Bertz CT molecular complexity index is 754. The lowest BCUT2D eigenvalue weighted by Gasteiger charge is -2.33. The number of sulfonamides is 1. The minimum Gasteiger partial charge on any atom is -0.381 e. The maximum atomic E-state index is 13.1. The van der Waals surface area contributed by atoms with Gasteiger partial charge < -0.3 is 4.74 Å². The van der Waals surface area contributed by atoms with Gasteiger partial charge in [0.25, 0.3) is 0 Å². The van der Waals surface area contributed by atoms with E-state index in [1.165, 1.54) is 29.1 Å². The second-order valence-corrected chi connectivity index (χ2v) is 9.12. The molecular formula is C18H22FNO3S2. The molecule has 0 atom stereocenters. The van der Waals surface area contributed by atoms with Crippen molar-refractivity contribution in [2.75, 3.05) is 19.8 Å². The SMILES string of the molecule is O=S(=O)(Cc1ccc(F)cc1)N(CCc1cccs1)C1CCOCC1. The number of ether oxygens (including phenoxy) is 1. The summed E-state index contributed by atoms with van der Waals surface area (Å²) in [4.78, 5) is 1.18. The van der Waals surface area contributed by atoms with Crippen molar-refractivity contribution in [1.82, 2.24) is 4.31 Å². The van der Waals surface area contributed by atoms with Crippen LogP contribution in [0.3, 0.4) is 0 Å². The van der Waals surface area contributed by atoms with Gasteiger partial charge in [0, 0.05) is 30.7 Å². The molecular weight excluding hydrogens is 361 g/mol. The smallest absolute Gasteiger partial charge is 0.218 e. The summed E-state index contributed by atoms with van der Waals surface area (Å²) in [5.74, 6) is -0.463. The van der Waals surface area contributed by atoms with Crippen molar-refractivity contribution in [3.05, 3.63) is 58.0 Å². The number of benzene rings is 1. The van der Waals surface area contributed by atoms with E-state index in [-0.39, 0.29) is 17.6 Å². The van der Waals surface area contributed by atoms with Crippen LogP contribution in [0.15, 0.2) is 41.8 Å². The monoisotopic (exact) mass is 383 g/mol. The van der Waals surface area contributed by atoms with Gasteiger partial charge in [-0.25, -0.2) is 12.8 Å². The van der Waals surface area contributed by atoms with Crippen molar-refractivity contribution in [1.29, 1.82) is 0 Å². The predicted molar refractivity (Wildman–Crippen MR) is 97.6 cm³/mol. The van der Waals surface area contributed by atoms with Crippen LogP contribution in [0.4, 0.5) is 4.39 Å². The van der Waals surface area contributed by atoms with Crippen LogP contribution >= 0.6 is 11.3 Å². The Hall–Kier alpha value is -1.28. The van der Waals surface area contributed by atoms with Crippen LogP contribution in [-0.4, -0.2) is 38.5 Å². The van der Waals surface area contributed by atoms with Gasteiger partial charge in [-0.05, 0) is 48.4 Å². The lowest BCUT2D eigenvalue weighted by atomic mass is 10.1. The van der Waals surface area contributed by atoms with E-state index < -0.39 is 10.0 Å². The Labute approximate surface area is 152 Å². The van der Waals surface area contributed by atoms with Crippen molar-refractivity contribution in [2.45, 2.75) is 31.1 Å². The molecule has 0 unspecified atom stereocenters. The van der Waals surface area contributed by atoms with Crippen LogP contribution in [0, 0.1) is 5.82 Å². The fraction of sp³-hybridized carbons (Fsp3) is 0.444. The highest BCUT2D eigenvalue weighted by atomic mass is 32.2. The van der Waals surface area contributed by atoms with Gasteiger partial charge in [0.2, 0.25) is 10.0 Å². The topological polar surface area (TPSA) is 46.6 Å². The first kappa shape index (κ1) is 18.5. The summed E-state index contributed by atoms with van der Waals surface area (Å²) >= 11 is 1.64. The zero-order valence-corrected chi connectivity index (χ0v) is 15.6. The summed E-state index contributed by atoms with van der Waals surface area (Å²) in [6.07, 6.45) is 2.14. The Balaban J connectivity index is 1.76.